The molecule has 0 spiro atoms. The zero-order valence-electron chi connectivity index (χ0n) is 8.76. The maximum absolute atomic E-state index is 10.9. The lowest BCUT2D eigenvalue weighted by Crippen LogP contribution is -2.46. The summed E-state index contributed by atoms with van der Waals surface area (Å²) in [6.07, 6.45) is 2.26. The second-order valence-electron chi connectivity index (χ2n) is 4.98. The predicted octanol–water partition coefficient (Wildman–Crippen LogP) is 1.02. The Kier molecular flexibility index (Phi) is 2.41. The van der Waals surface area contributed by atoms with Crippen molar-refractivity contribution in [2.24, 2.45) is 22.8 Å². The van der Waals surface area contributed by atoms with Gasteiger partial charge >= 0.3 is 0 Å². The minimum Gasteiger partial charge on any atom is -0.370 e. The third-order valence-electron chi connectivity index (χ3n) is 3.37. The van der Waals surface area contributed by atoms with Gasteiger partial charge in [0.25, 0.3) is 0 Å². The van der Waals surface area contributed by atoms with Crippen molar-refractivity contribution in [3.05, 3.63) is 0 Å². The summed E-state index contributed by atoms with van der Waals surface area (Å²) >= 11 is 0. The van der Waals surface area contributed by atoms with E-state index in [9.17, 15) is 4.79 Å². The number of hydrogen-bond donors (Lipinski definition) is 2. The Morgan fingerprint density at radius 2 is 2.08 bits per heavy atom. The minimum absolute atomic E-state index is 0.285. The first-order valence-electron chi connectivity index (χ1n) is 4.89. The standard InChI is InChI=1S/C10H20N2O/c1-4-10(12,6-8(11)13)7-5-9(7,2)3/h7H,4-6,12H2,1-3H3,(H2,11,13). The first-order valence-corrected chi connectivity index (χ1v) is 4.89. The molecule has 0 aromatic rings. The van der Waals surface area contributed by atoms with Crippen molar-refractivity contribution in [2.75, 3.05) is 0 Å². The van der Waals surface area contributed by atoms with Crippen LogP contribution in [-0.2, 0) is 4.79 Å². The van der Waals surface area contributed by atoms with E-state index >= 15 is 0 Å². The molecule has 0 bridgehead atoms. The Morgan fingerprint density at radius 1 is 1.62 bits per heavy atom. The highest BCUT2D eigenvalue weighted by molar-refractivity contribution is 5.75. The van der Waals surface area contributed by atoms with Gasteiger partial charge in [-0.2, -0.15) is 0 Å². The van der Waals surface area contributed by atoms with Gasteiger partial charge in [-0.15, -0.1) is 0 Å². The average Bonchev–Trinajstić information content (AvgIpc) is 2.59. The van der Waals surface area contributed by atoms with E-state index in [-0.39, 0.29) is 11.4 Å². The molecule has 0 aliphatic heterocycles. The number of hydrogen-bond acceptors (Lipinski definition) is 2. The first-order chi connectivity index (χ1) is 5.82. The van der Waals surface area contributed by atoms with E-state index in [1.807, 2.05) is 6.92 Å². The van der Waals surface area contributed by atoms with E-state index < -0.39 is 0 Å². The van der Waals surface area contributed by atoms with E-state index in [0.717, 1.165) is 12.8 Å². The second kappa shape index (κ2) is 2.98. The van der Waals surface area contributed by atoms with E-state index in [0.29, 0.717) is 17.8 Å². The molecule has 1 amide bonds. The quantitative estimate of drug-likeness (QED) is 0.684. The fourth-order valence-corrected chi connectivity index (χ4v) is 2.27. The Labute approximate surface area is 79.9 Å². The molecule has 1 saturated carbocycles. The highest BCUT2D eigenvalue weighted by Crippen LogP contribution is 2.58. The summed E-state index contributed by atoms with van der Waals surface area (Å²) < 4.78 is 0. The van der Waals surface area contributed by atoms with E-state index in [4.69, 9.17) is 11.5 Å². The van der Waals surface area contributed by atoms with Gasteiger partial charge in [0.1, 0.15) is 0 Å². The molecule has 2 unspecified atom stereocenters. The molecule has 0 saturated heterocycles. The van der Waals surface area contributed by atoms with E-state index in [1.54, 1.807) is 0 Å². The van der Waals surface area contributed by atoms with Crippen LogP contribution < -0.4 is 11.5 Å². The largest absolute Gasteiger partial charge is 0.370 e. The number of amides is 1. The van der Waals surface area contributed by atoms with Crippen LogP contribution in [0.25, 0.3) is 0 Å². The van der Waals surface area contributed by atoms with Crippen molar-refractivity contribution in [1.29, 1.82) is 0 Å². The average molecular weight is 184 g/mol. The maximum atomic E-state index is 10.9. The second-order valence-corrected chi connectivity index (χ2v) is 4.98. The summed E-state index contributed by atoms with van der Waals surface area (Å²) in [5.74, 6) is 0.171. The van der Waals surface area contributed by atoms with Gasteiger partial charge in [-0.05, 0) is 24.2 Å². The first kappa shape index (κ1) is 10.5. The van der Waals surface area contributed by atoms with Crippen LogP contribution in [0.15, 0.2) is 0 Å². The number of nitrogens with two attached hydrogens (primary N) is 2. The summed E-state index contributed by atoms with van der Waals surface area (Å²) in [6.45, 7) is 6.41. The zero-order chi connectivity index (χ0) is 10.3. The normalized spacial score (nSPS) is 29.4. The van der Waals surface area contributed by atoms with Gasteiger partial charge in [-0.1, -0.05) is 20.8 Å². The van der Waals surface area contributed by atoms with Gasteiger partial charge in [0.2, 0.25) is 5.91 Å². The van der Waals surface area contributed by atoms with Gasteiger partial charge in [-0.25, -0.2) is 0 Å². The summed E-state index contributed by atoms with van der Waals surface area (Å²) in [5.41, 5.74) is 11.3. The lowest BCUT2D eigenvalue weighted by Gasteiger charge is -2.28. The highest BCUT2D eigenvalue weighted by atomic mass is 16.1. The summed E-state index contributed by atoms with van der Waals surface area (Å²) in [4.78, 5) is 10.9. The number of rotatable bonds is 4. The number of carbonyl (C=O) groups excluding carboxylic acids is 1. The molecule has 3 heteroatoms. The molecule has 1 rings (SSSR count). The third kappa shape index (κ3) is 2.02. The van der Waals surface area contributed by atoms with Gasteiger partial charge in [0, 0.05) is 12.0 Å². The molecular formula is C10H20N2O. The summed E-state index contributed by atoms with van der Waals surface area (Å²) in [7, 11) is 0. The summed E-state index contributed by atoms with van der Waals surface area (Å²) in [5, 5.41) is 0. The van der Waals surface area contributed by atoms with Crippen LogP contribution in [-0.4, -0.2) is 11.4 Å². The van der Waals surface area contributed by atoms with Crippen LogP contribution in [0, 0.1) is 11.3 Å². The van der Waals surface area contributed by atoms with Gasteiger partial charge < -0.3 is 11.5 Å². The maximum Gasteiger partial charge on any atom is 0.219 e. The van der Waals surface area contributed by atoms with Crippen LogP contribution in [0.2, 0.25) is 0 Å². The van der Waals surface area contributed by atoms with Gasteiger partial charge in [0.15, 0.2) is 0 Å². The van der Waals surface area contributed by atoms with Crippen molar-refractivity contribution < 1.29 is 4.79 Å². The molecule has 0 heterocycles. The third-order valence-corrected chi connectivity index (χ3v) is 3.37. The molecule has 2 atom stereocenters. The minimum atomic E-state index is -0.366. The Hall–Kier alpha value is -0.570. The van der Waals surface area contributed by atoms with Crippen molar-refractivity contribution in [2.45, 2.75) is 45.6 Å². The molecule has 13 heavy (non-hydrogen) atoms. The molecule has 1 fully saturated rings. The smallest absolute Gasteiger partial charge is 0.219 e. The Balaban J connectivity index is 2.66. The van der Waals surface area contributed by atoms with Crippen LogP contribution >= 0.6 is 0 Å². The zero-order valence-corrected chi connectivity index (χ0v) is 8.76. The lowest BCUT2D eigenvalue weighted by molar-refractivity contribution is -0.119. The molecule has 0 aromatic carbocycles. The van der Waals surface area contributed by atoms with E-state index in [1.165, 1.54) is 0 Å². The topological polar surface area (TPSA) is 69.1 Å². The van der Waals surface area contributed by atoms with Gasteiger partial charge in [0.05, 0.1) is 0 Å². The van der Waals surface area contributed by atoms with Crippen LogP contribution in [0.5, 0.6) is 0 Å². The fourth-order valence-electron chi connectivity index (χ4n) is 2.27. The van der Waals surface area contributed by atoms with Crippen molar-refractivity contribution in [3.8, 4) is 0 Å². The van der Waals surface area contributed by atoms with Crippen LogP contribution in [0.4, 0.5) is 0 Å². The lowest BCUT2D eigenvalue weighted by atomic mass is 9.84. The van der Waals surface area contributed by atoms with Crippen molar-refractivity contribution >= 4 is 5.91 Å². The molecule has 3 nitrogen and oxygen atoms in total. The molecule has 0 aromatic heterocycles. The van der Waals surface area contributed by atoms with Gasteiger partial charge in [-0.3, -0.25) is 4.79 Å². The monoisotopic (exact) mass is 184 g/mol. The Bertz CT molecular complexity index is 225. The summed E-state index contributed by atoms with van der Waals surface area (Å²) in [6, 6.07) is 0. The number of primary amides is 1. The fraction of sp³-hybridized carbons (Fsp3) is 0.900. The van der Waals surface area contributed by atoms with Crippen LogP contribution in [0.3, 0.4) is 0 Å². The van der Waals surface area contributed by atoms with E-state index in [2.05, 4.69) is 13.8 Å². The predicted molar refractivity (Wildman–Crippen MR) is 52.9 cm³/mol. The molecule has 0 radical (unpaired) electrons. The van der Waals surface area contributed by atoms with Crippen LogP contribution in [0.1, 0.15) is 40.0 Å². The van der Waals surface area contributed by atoms with Crippen molar-refractivity contribution in [3.63, 3.8) is 0 Å². The number of carbonyl (C=O) groups is 1. The Morgan fingerprint density at radius 3 is 2.31 bits per heavy atom. The molecule has 76 valence electrons. The molecule has 1 aliphatic carbocycles. The molecular weight excluding hydrogens is 164 g/mol. The highest BCUT2D eigenvalue weighted by Gasteiger charge is 2.55. The molecule has 4 N–H and O–H groups in total. The SMILES string of the molecule is CCC(N)(CC(N)=O)C1CC1(C)C. The van der Waals surface area contributed by atoms with Crippen molar-refractivity contribution in [1.82, 2.24) is 0 Å². The molecule has 1 aliphatic rings.